The molecule has 2 saturated heterocycles. The van der Waals surface area contributed by atoms with Crippen molar-refractivity contribution in [3.8, 4) is 17.2 Å². The molecule has 5 rings (SSSR count). The first kappa shape index (κ1) is 22.3. The number of methoxy groups -OCH3 is 1. The van der Waals surface area contributed by atoms with Gasteiger partial charge < -0.3 is 18.8 Å². The van der Waals surface area contributed by atoms with E-state index in [1.54, 1.807) is 25.1 Å². The van der Waals surface area contributed by atoms with Crippen molar-refractivity contribution in [2.75, 3.05) is 31.7 Å². The number of nitrogens with zero attached hydrogens (tertiary/aromatic N) is 5. The van der Waals surface area contributed by atoms with Crippen molar-refractivity contribution in [2.24, 2.45) is 5.92 Å². The maximum absolute atomic E-state index is 5.93. The number of oxazole rings is 1. The summed E-state index contributed by atoms with van der Waals surface area (Å²) in [6.07, 6.45) is 6.56. The van der Waals surface area contributed by atoms with E-state index in [1.165, 1.54) is 12.8 Å². The van der Waals surface area contributed by atoms with Crippen LogP contribution in [0.4, 0.5) is 5.95 Å². The van der Waals surface area contributed by atoms with Gasteiger partial charge in [0.2, 0.25) is 11.8 Å². The van der Waals surface area contributed by atoms with E-state index in [9.17, 15) is 0 Å². The third-order valence-corrected chi connectivity index (χ3v) is 7.41. The standard InChI is InChI=1S/C24H31N5O3S/c1-17-9-11-28(12-10-17)23-26-27-24(29(23)14-21-4-3-13-31-21)33-16-19-15-32-22(25-19)18-5-7-20(30-2)8-6-18/h5-8,15,17,21H,3-4,9-14,16H2,1-2H3. The molecule has 0 saturated carbocycles. The monoisotopic (exact) mass is 469 g/mol. The van der Waals surface area contributed by atoms with Crippen molar-refractivity contribution in [1.82, 2.24) is 19.7 Å². The number of anilines is 1. The quantitative estimate of drug-likeness (QED) is 0.441. The van der Waals surface area contributed by atoms with Crippen molar-refractivity contribution >= 4 is 17.7 Å². The summed E-state index contributed by atoms with van der Waals surface area (Å²) < 4.78 is 19.1. The van der Waals surface area contributed by atoms with Crippen LogP contribution in [-0.2, 0) is 17.0 Å². The van der Waals surface area contributed by atoms with E-state index in [4.69, 9.17) is 13.9 Å². The molecule has 9 heteroatoms. The van der Waals surface area contributed by atoms with Gasteiger partial charge in [0.1, 0.15) is 12.0 Å². The molecule has 8 nitrogen and oxygen atoms in total. The Morgan fingerprint density at radius 1 is 1.12 bits per heavy atom. The third-order valence-electron chi connectivity index (χ3n) is 6.41. The van der Waals surface area contributed by atoms with Gasteiger partial charge in [-0.3, -0.25) is 4.57 Å². The first-order valence-electron chi connectivity index (χ1n) is 11.7. The van der Waals surface area contributed by atoms with Gasteiger partial charge in [0.05, 0.1) is 25.5 Å². The van der Waals surface area contributed by atoms with E-state index in [2.05, 4.69) is 31.6 Å². The summed E-state index contributed by atoms with van der Waals surface area (Å²) in [6, 6.07) is 7.71. The summed E-state index contributed by atoms with van der Waals surface area (Å²) in [6.45, 7) is 6.04. The predicted octanol–water partition coefficient (Wildman–Crippen LogP) is 4.65. The highest BCUT2D eigenvalue weighted by Crippen LogP contribution is 2.30. The molecule has 2 aromatic heterocycles. The van der Waals surface area contributed by atoms with Crippen LogP contribution in [0.25, 0.3) is 11.5 Å². The van der Waals surface area contributed by atoms with Gasteiger partial charge >= 0.3 is 0 Å². The second-order valence-electron chi connectivity index (χ2n) is 8.86. The Kier molecular flexibility index (Phi) is 6.87. The zero-order chi connectivity index (χ0) is 22.6. The lowest BCUT2D eigenvalue weighted by Gasteiger charge is -2.31. The Morgan fingerprint density at radius 2 is 1.94 bits per heavy atom. The number of hydrogen-bond acceptors (Lipinski definition) is 8. The third kappa shape index (κ3) is 5.19. The lowest BCUT2D eigenvalue weighted by molar-refractivity contribution is 0.0951. The number of benzene rings is 1. The van der Waals surface area contributed by atoms with E-state index in [1.807, 2.05) is 24.3 Å². The van der Waals surface area contributed by atoms with Gasteiger partial charge in [-0.25, -0.2) is 4.98 Å². The molecule has 2 aliphatic heterocycles. The number of piperidine rings is 1. The minimum absolute atomic E-state index is 0.233. The molecule has 1 atom stereocenters. The minimum Gasteiger partial charge on any atom is -0.497 e. The molecule has 0 amide bonds. The van der Waals surface area contributed by atoms with Crippen LogP contribution >= 0.6 is 11.8 Å². The Morgan fingerprint density at radius 3 is 2.67 bits per heavy atom. The largest absolute Gasteiger partial charge is 0.497 e. The number of rotatable bonds is 8. The van der Waals surface area contributed by atoms with E-state index >= 15 is 0 Å². The minimum atomic E-state index is 0.233. The Balaban J connectivity index is 1.30. The van der Waals surface area contributed by atoms with Crippen molar-refractivity contribution in [3.63, 3.8) is 0 Å². The highest BCUT2D eigenvalue weighted by Gasteiger charge is 2.26. The average Bonchev–Trinajstić information content (AvgIpc) is 3.61. The van der Waals surface area contributed by atoms with Crippen LogP contribution in [0.15, 0.2) is 40.1 Å². The number of hydrogen-bond donors (Lipinski definition) is 0. The van der Waals surface area contributed by atoms with Crippen LogP contribution < -0.4 is 9.64 Å². The Hall–Kier alpha value is -2.52. The van der Waals surface area contributed by atoms with Gasteiger partial charge in [-0.15, -0.1) is 10.2 Å². The summed E-state index contributed by atoms with van der Waals surface area (Å²) in [5, 5.41) is 10.1. The fraction of sp³-hybridized carbons (Fsp3) is 0.542. The van der Waals surface area contributed by atoms with Crippen LogP contribution in [0.5, 0.6) is 5.75 Å². The molecule has 176 valence electrons. The lowest BCUT2D eigenvalue weighted by atomic mass is 10.00. The Labute approximate surface area is 198 Å². The van der Waals surface area contributed by atoms with Crippen molar-refractivity contribution in [3.05, 3.63) is 36.2 Å². The summed E-state index contributed by atoms with van der Waals surface area (Å²) in [4.78, 5) is 7.05. The maximum Gasteiger partial charge on any atom is 0.228 e. The number of aromatic nitrogens is 4. The van der Waals surface area contributed by atoms with Crippen LogP contribution in [0.3, 0.4) is 0 Å². The molecule has 0 spiro atoms. The summed E-state index contributed by atoms with van der Waals surface area (Å²) >= 11 is 1.65. The van der Waals surface area contributed by atoms with Crippen molar-refractivity contribution in [1.29, 1.82) is 0 Å². The molecule has 2 aliphatic rings. The topological polar surface area (TPSA) is 78.4 Å². The molecule has 0 aliphatic carbocycles. The highest BCUT2D eigenvalue weighted by atomic mass is 32.2. The van der Waals surface area contributed by atoms with Crippen LogP contribution in [-0.4, -0.2) is 52.7 Å². The fourth-order valence-corrected chi connectivity index (χ4v) is 5.18. The molecular weight excluding hydrogens is 438 g/mol. The predicted molar refractivity (Wildman–Crippen MR) is 128 cm³/mol. The van der Waals surface area contributed by atoms with E-state index in [0.717, 1.165) is 73.1 Å². The average molecular weight is 470 g/mol. The second kappa shape index (κ2) is 10.2. The van der Waals surface area contributed by atoms with Crippen LogP contribution in [0, 0.1) is 5.92 Å². The van der Waals surface area contributed by atoms with E-state index < -0.39 is 0 Å². The highest BCUT2D eigenvalue weighted by molar-refractivity contribution is 7.98. The Bertz CT molecular complexity index is 1040. The molecule has 1 unspecified atom stereocenters. The number of ether oxygens (including phenoxy) is 2. The van der Waals surface area contributed by atoms with Gasteiger partial charge in [-0.05, 0) is 55.9 Å². The van der Waals surface area contributed by atoms with E-state index in [0.29, 0.717) is 11.6 Å². The number of thioether (sulfide) groups is 1. The summed E-state index contributed by atoms with van der Waals surface area (Å²) in [5.41, 5.74) is 1.81. The van der Waals surface area contributed by atoms with Crippen molar-refractivity contribution in [2.45, 2.75) is 56.2 Å². The molecular formula is C24H31N5O3S. The van der Waals surface area contributed by atoms with Gasteiger partial charge in [-0.2, -0.15) is 0 Å². The van der Waals surface area contributed by atoms with Crippen molar-refractivity contribution < 1.29 is 13.9 Å². The molecule has 0 bridgehead atoms. The molecule has 33 heavy (non-hydrogen) atoms. The van der Waals surface area contributed by atoms with Gasteiger partial charge in [0.25, 0.3) is 0 Å². The molecule has 4 heterocycles. The lowest BCUT2D eigenvalue weighted by Crippen LogP contribution is -2.35. The van der Waals surface area contributed by atoms with Gasteiger partial charge in [0.15, 0.2) is 5.16 Å². The van der Waals surface area contributed by atoms with Gasteiger partial charge in [0, 0.05) is 31.0 Å². The second-order valence-corrected chi connectivity index (χ2v) is 9.80. The first-order chi connectivity index (χ1) is 16.2. The zero-order valence-corrected chi connectivity index (χ0v) is 20.1. The normalized spacial score (nSPS) is 19.3. The molecule has 0 N–H and O–H groups in total. The zero-order valence-electron chi connectivity index (χ0n) is 19.3. The summed E-state index contributed by atoms with van der Waals surface area (Å²) in [7, 11) is 1.66. The SMILES string of the molecule is COc1ccc(-c2nc(CSc3nnc(N4CCC(C)CC4)n3CC3CCCO3)co2)cc1. The fourth-order valence-electron chi connectivity index (χ4n) is 4.36. The van der Waals surface area contributed by atoms with Crippen LogP contribution in [0.2, 0.25) is 0 Å². The smallest absolute Gasteiger partial charge is 0.228 e. The van der Waals surface area contributed by atoms with Gasteiger partial charge in [-0.1, -0.05) is 18.7 Å². The molecule has 1 aromatic carbocycles. The summed E-state index contributed by atoms with van der Waals surface area (Å²) in [5.74, 6) is 3.83. The maximum atomic E-state index is 5.93. The van der Waals surface area contributed by atoms with E-state index in [-0.39, 0.29) is 6.10 Å². The molecule has 0 radical (unpaired) electrons. The first-order valence-corrected chi connectivity index (χ1v) is 12.7. The van der Waals surface area contributed by atoms with Crippen LogP contribution in [0.1, 0.15) is 38.3 Å². The molecule has 3 aromatic rings. The molecule has 2 fully saturated rings.